The summed E-state index contributed by atoms with van der Waals surface area (Å²) in [6.45, 7) is 2.30. The minimum atomic E-state index is 0.455. The second-order valence-corrected chi connectivity index (χ2v) is 5.10. The molecule has 0 saturated carbocycles. The van der Waals surface area contributed by atoms with Crippen molar-refractivity contribution in [1.29, 1.82) is 0 Å². The Kier molecular flexibility index (Phi) is 2.82. The summed E-state index contributed by atoms with van der Waals surface area (Å²) in [5.41, 5.74) is 5.03. The highest BCUT2D eigenvalue weighted by Gasteiger charge is 2.28. The van der Waals surface area contributed by atoms with Crippen LogP contribution in [0, 0.1) is 0 Å². The van der Waals surface area contributed by atoms with E-state index in [-0.39, 0.29) is 0 Å². The molecule has 3 nitrogen and oxygen atoms in total. The van der Waals surface area contributed by atoms with E-state index >= 15 is 0 Å². The molecule has 0 fully saturated rings. The van der Waals surface area contributed by atoms with Gasteiger partial charge < -0.3 is 9.84 Å². The van der Waals surface area contributed by atoms with Crippen LogP contribution >= 0.6 is 0 Å². The van der Waals surface area contributed by atoms with Gasteiger partial charge in [0.25, 0.3) is 0 Å². The van der Waals surface area contributed by atoms with Crippen LogP contribution in [-0.4, -0.2) is 12.2 Å². The zero-order valence-electron chi connectivity index (χ0n) is 10.8. The zero-order valence-corrected chi connectivity index (χ0v) is 10.8. The van der Waals surface area contributed by atoms with Gasteiger partial charge in [0.1, 0.15) is 12.0 Å². The Hall–Kier alpha value is -1.77. The van der Waals surface area contributed by atoms with Crippen molar-refractivity contribution < 1.29 is 4.52 Å². The van der Waals surface area contributed by atoms with Gasteiger partial charge in [-0.2, -0.15) is 0 Å². The normalized spacial score (nSPS) is 22.6. The van der Waals surface area contributed by atoms with Gasteiger partial charge >= 0.3 is 0 Å². The number of nitrogens with zero attached hydrogens (tertiary/aromatic N) is 1. The lowest BCUT2D eigenvalue weighted by Crippen LogP contribution is -2.16. The minimum absolute atomic E-state index is 0.455. The molecular weight excluding hydrogens is 224 g/mol. The summed E-state index contributed by atoms with van der Waals surface area (Å²) in [4.78, 5) is 0. The number of hydrogen-bond acceptors (Lipinski definition) is 3. The molecule has 0 radical (unpaired) electrons. The number of hydrogen-bond donors (Lipinski definition) is 1. The van der Waals surface area contributed by atoms with E-state index in [1.807, 2.05) is 7.05 Å². The van der Waals surface area contributed by atoms with Gasteiger partial charge in [-0.25, -0.2) is 0 Å². The molecule has 2 aromatic rings. The van der Waals surface area contributed by atoms with Crippen molar-refractivity contribution in [2.24, 2.45) is 0 Å². The molecule has 0 spiro atoms. The fourth-order valence-electron chi connectivity index (χ4n) is 3.04. The lowest BCUT2D eigenvalue weighted by atomic mass is 9.76. The van der Waals surface area contributed by atoms with Crippen molar-refractivity contribution in [3.8, 4) is 0 Å². The first-order valence-corrected chi connectivity index (χ1v) is 6.49. The van der Waals surface area contributed by atoms with Crippen LogP contribution < -0.4 is 5.32 Å². The molecule has 0 aliphatic heterocycles. The second-order valence-electron chi connectivity index (χ2n) is 5.10. The Balaban J connectivity index is 1.94. The Morgan fingerprint density at radius 1 is 1.33 bits per heavy atom. The number of rotatable bonds is 2. The number of nitrogens with one attached hydrogen (secondary N) is 1. The summed E-state index contributed by atoms with van der Waals surface area (Å²) >= 11 is 0. The average Bonchev–Trinajstić information content (AvgIpc) is 2.87. The van der Waals surface area contributed by atoms with Crippen LogP contribution in [0.4, 0.5) is 5.69 Å². The van der Waals surface area contributed by atoms with Crippen molar-refractivity contribution in [3.05, 3.63) is 47.3 Å². The quantitative estimate of drug-likeness (QED) is 0.875. The monoisotopic (exact) mass is 242 g/mol. The molecule has 1 aromatic carbocycles. The Morgan fingerprint density at radius 2 is 2.17 bits per heavy atom. The van der Waals surface area contributed by atoms with Crippen molar-refractivity contribution in [3.63, 3.8) is 0 Å². The van der Waals surface area contributed by atoms with Gasteiger partial charge in [-0.05, 0) is 29.9 Å². The number of benzene rings is 1. The molecule has 1 heterocycles. The van der Waals surface area contributed by atoms with Gasteiger partial charge in [0.05, 0.1) is 5.69 Å². The number of anilines is 1. The van der Waals surface area contributed by atoms with E-state index in [0.29, 0.717) is 11.8 Å². The summed E-state index contributed by atoms with van der Waals surface area (Å²) < 4.78 is 5.10. The van der Waals surface area contributed by atoms with Crippen LogP contribution in [0.15, 0.2) is 35.1 Å². The number of aromatic nitrogens is 1. The Labute approximate surface area is 107 Å². The molecule has 0 amide bonds. The molecule has 94 valence electrons. The molecule has 2 atom stereocenters. The predicted octanol–water partition coefficient (Wildman–Crippen LogP) is 3.55. The summed E-state index contributed by atoms with van der Waals surface area (Å²) in [6, 6.07) is 8.73. The van der Waals surface area contributed by atoms with Gasteiger partial charge in [-0.15, -0.1) is 0 Å². The highest BCUT2D eigenvalue weighted by Crippen LogP contribution is 2.40. The van der Waals surface area contributed by atoms with E-state index in [1.165, 1.54) is 11.1 Å². The Morgan fingerprint density at radius 3 is 3.00 bits per heavy atom. The first-order valence-electron chi connectivity index (χ1n) is 6.49. The molecule has 1 aliphatic rings. The molecular formula is C15H18N2O. The highest BCUT2D eigenvalue weighted by atomic mass is 16.5. The number of fused-ring (bicyclic) bond motifs is 1. The van der Waals surface area contributed by atoms with Crippen LogP contribution in [0.25, 0.3) is 0 Å². The van der Waals surface area contributed by atoms with Crippen LogP contribution in [0.1, 0.15) is 42.0 Å². The van der Waals surface area contributed by atoms with E-state index in [1.54, 1.807) is 6.26 Å². The molecule has 0 saturated heterocycles. The molecule has 0 bridgehead atoms. The maximum absolute atomic E-state index is 5.10. The molecule has 2 unspecified atom stereocenters. The van der Waals surface area contributed by atoms with Gasteiger partial charge in [-0.1, -0.05) is 36.3 Å². The summed E-state index contributed by atoms with van der Waals surface area (Å²) in [5.74, 6) is 1.04. The van der Waals surface area contributed by atoms with Crippen molar-refractivity contribution in [2.45, 2.75) is 31.6 Å². The van der Waals surface area contributed by atoms with Gasteiger partial charge in [-0.3, -0.25) is 0 Å². The fraction of sp³-hybridized carbons (Fsp3) is 0.400. The van der Waals surface area contributed by atoms with E-state index in [9.17, 15) is 0 Å². The lowest BCUT2D eigenvalue weighted by Gasteiger charge is -2.28. The fourth-order valence-corrected chi connectivity index (χ4v) is 3.04. The van der Waals surface area contributed by atoms with Crippen LogP contribution in [0.2, 0.25) is 0 Å². The lowest BCUT2D eigenvalue weighted by molar-refractivity contribution is 0.395. The molecule has 1 aromatic heterocycles. The van der Waals surface area contributed by atoms with Crippen LogP contribution in [-0.2, 0) is 6.42 Å². The van der Waals surface area contributed by atoms with E-state index < -0.39 is 0 Å². The average molecular weight is 242 g/mol. The Bertz CT molecular complexity index is 547. The summed E-state index contributed by atoms with van der Waals surface area (Å²) in [7, 11) is 1.91. The SMILES string of the molecule is CNc1conc1C1Cc2ccccc2C(C)C1. The third-order valence-electron chi connectivity index (χ3n) is 3.94. The molecule has 3 heteroatoms. The summed E-state index contributed by atoms with van der Waals surface area (Å²) in [5, 5.41) is 7.34. The van der Waals surface area contributed by atoms with Crippen LogP contribution in [0.5, 0.6) is 0 Å². The topological polar surface area (TPSA) is 38.1 Å². The largest absolute Gasteiger partial charge is 0.384 e. The third kappa shape index (κ3) is 1.80. The van der Waals surface area contributed by atoms with E-state index in [2.05, 4.69) is 41.7 Å². The first kappa shape index (κ1) is 11.3. The molecule has 1 N–H and O–H groups in total. The maximum atomic E-state index is 5.10. The standard InChI is InChI=1S/C15H18N2O/c1-10-7-12(15-14(16-2)9-18-17-15)8-11-5-3-4-6-13(10)11/h3-6,9-10,12,16H,7-8H2,1-2H3. The molecule has 18 heavy (non-hydrogen) atoms. The van der Waals surface area contributed by atoms with Gasteiger partial charge in [0, 0.05) is 13.0 Å². The second kappa shape index (κ2) is 4.48. The molecule has 3 rings (SSSR count). The van der Waals surface area contributed by atoms with Crippen molar-refractivity contribution in [2.75, 3.05) is 12.4 Å². The minimum Gasteiger partial charge on any atom is -0.384 e. The maximum Gasteiger partial charge on any atom is 0.147 e. The highest BCUT2D eigenvalue weighted by molar-refractivity contribution is 5.48. The van der Waals surface area contributed by atoms with Crippen molar-refractivity contribution >= 4 is 5.69 Å². The smallest absolute Gasteiger partial charge is 0.147 e. The predicted molar refractivity (Wildman–Crippen MR) is 72.0 cm³/mol. The third-order valence-corrected chi connectivity index (χ3v) is 3.94. The van der Waals surface area contributed by atoms with E-state index in [0.717, 1.165) is 24.2 Å². The first-order chi connectivity index (χ1) is 8.79. The zero-order chi connectivity index (χ0) is 12.5. The molecule has 1 aliphatic carbocycles. The van der Waals surface area contributed by atoms with Gasteiger partial charge in [0.15, 0.2) is 0 Å². The van der Waals surface area contributed by atoms with E-state index in [4.69, 9.17) is 4.52 Å². The van der Waals surface area contributed by atoms with Crippen LogP contribution in [0.3, 0.4) is 0 Å². The van der Waals surface area contributed by atoms with Gasteiger partial charge in [0.2, 0.25) is 0 Å². The van der Waals surface area contributed by atoms with Crippen molar-refractivity contribution in [1.82, 2.24) is 5.16 Å². The summed E-state index contributed by atoms with van der Waals surface area (Å²) in [6.07, 6.45) is 3.89.